The number of rotatable bonds is 2. The summed E-state index contributed by atoms with van der Waals surface area (Å²) in [6, 6.07) is 11.8. The molecule has 5 nitrogen and oxygen atoms in total. The third-order valence-corrected chi connectivity index (χ3v) is 2.49. The van der Waals surface area contributed by atoms with Crippen molar-refractivity contribution in [2.24, 2.45) is 0 Å². The maximum atomic E-state index is 11.8. The van der Waals surface area contributed by atoms with Gasteiger partial charge >= 0.3 is 0 Å². The van der Waals surface area contributed by atoms with Gasteiger partial charge in [0, 0.05) is 11.8 Å². The van der Waals surface area contributed by atoms with Crippen molar-refractivity contribution >= 4 is 29.1 Å². The predicted octanol–water partition coefficient (Wildman–Crippen LogP) is 1.91. The zero-order valence-electron chi connectivity index (χ0n) is 9.83. The molecule has 2 rings (SSSR count). The van der Waals surface area contributed by atoms with Gasteiger partial charge in [0.05, 0.1) is 0 Å². The second-order valence-corrected chi connectivity index (χ2v) is 4.05. The Hall–Kier alpha value is -2.47. The molecule has 0 aliphatic rings. The number of aromatic hydroxyl groups is 1. The van der Waals surface area contributed by atoms with Gasteiger partial charge in [0.25, 0.3) is 5.91 Å². The van der Waals surface area contributed by atoms with Crippen molar-refractivity contribution in [3.8, 4) is 5.75 Å². The Morgan fingerprint density at radius 1 is 1.16 bits per heavy atom. The standard InChI is InChI=1S/C13H11N3O2S/c17-10-7-4-8-14-11(10)15-13(19)16-12(18)9-5-2-1-3-6-9/h1-8,17H,(H2,14,15,16,18,19). The van der Waals surface area contributed by atoms with Gasteiger partial charge in [-0.15, -0.1) is 0 Å². The molecular weight excluding hydrogens is 262 g/mol. The molecule has 1 aromatic heterocycles. The number of nitrogens with zero attached hydrogens (tertiary/aromatic N) is 1. The zero-order chi connectivity index (χ0) is 13.7. The minimum absolute atomic E-state index is 0.0428. The number of benzene rings is 1. The zero-order valence-corrected chi connectivity index (χ0v) is 10.6. The van der Waals surface area contributed by atoms with Crippen molar-refractivity contribution in [2.45, 2.75) is 0 Å². The molecule has 0 fully saturated rings. The van der Waals surface area contributed by atoms with Crippen molar-refractivity contribution in [1.82, 2.24) is 10.3 Å². The summed E-state index contributed by atoms with van der Waals surface area (Å²) in [5.74, 6) is -0.173. The lowest BCUT2D eigenvalue weighted by Gasteiger charge is -2.09. The topological polar surface area (TPSA) is 74.2 Å². The van der Waals surface area contributed by atoms with E-state index in [-0.39, 0.29) is 22.6 Å². The van der Waals surface area contributed by atoms with E-state index in [4.69, 9.17) is 12.2 Å². The second kappa shape index (κ2) is 5.92. The molecule has 1 heterocycles. The Balaban J connectivity index is 1.99. The predicted molar refractivity (Wildman–Crippen MR) is 76.0 cm³/mol. The van der Waals surface area contributed by atoms with Crippen molar-refractivity contribution in [2.75, 3.05) is 5.32 Å². The lowest BCUT2D eigenvalue weighted by atomic mass is 10.2. The largest absolute Gasteiger partial charge is 0.504 e. The highest BCUT2D eigenvalue weighted by molar-refractivity contribution is 7.80. The summed E-state index contributed by atoms with van der Waals surface area (Å²) >= 11 is 4.98. The van der Waals surface area contributed by atoms with Gasteiger partial charge in [-0.05, 0) is 36.5 Å². The molecule has 0 atom stereocenters. The Morgan fingerprint density at radius 3 is 2.58 bits per heavy atom. The number of nitrogens with one attached hydrogen (secondary N) is 2. The maximum absolute atomic E-state index is 11.8. The Bertz CT molecular complexity index is 602. The molecule has 19 heavy (non-hydrogen) atoms. The van der Waals surface area contributed by atoms with Crippen LogP contribution in [0.3, 0.4) is 0 Å². The monoisotopic (exact) mass is 273 g/mol. The first-order valence-electron chi connectivity index (χ1n) is 5.48. The van der Waals surface area contributed by atoms with Crippen LogP contribution >= 0.6 is 12.2 Å². The number of thiocarbonyl (C=S) groups is 1. The van der Waals surface area contributed by atoms with E-state index in [1.807, 2.05) is 6.07 Å². The van der Waals surface area contributed by atoms with Gasteiger partial charge in [-0.1, -0.05) is 18.2 Å². The van der Waals surface area contributed by atoms with Gasteiger partial charge in [0.1, 0.15) is 0 Å². The molecule has 0 radical (unpaired) electrons. The molecule has 0 aliphatic carbocycles. The lowest BCUT2D eigenvalue weighted by molar-refractivity contribution is 0.0977. The maximum Gasteiger partial charge on any atom is 0.257 e. The molecule has 6 heteroatoms. The summed E-state index contributed by atoms with van der Waals surface area (Å²) in [4.78, 5) is 15.7. The van der Waals surface area contributed by atoms with Crippen LogP contribution in [0.25, 0.3) is 0 Å². The van der Waals surface area contributed by atoms with Gasteiger partial charge in [-0.2, -0.15) is 0 Å². The first-order chi connectivity index (χ1) is 9.16. The molecule has 0 aliphatic heterocycles. The average molecular weight is 273 g/mol. The molecule has 3 N–H and O–H groups in total. The number of aromatic nitrogens is 1. The molecule has 1 aromatic carbocycles. The summed E-state index contributed by atoms with van der Waals surface area (Å²) in [5.41, 5.74) is 0.497. The fraction of sp³-hybridized carbons (Fsp3) is 0. The number of amides is 1. The average Bonchev–Trinajstić information content (AvgIpc) is 2.42. The number of carbonyl (C=O) groups is 1. The third-order valence-electron chi connectivity index (χ3n) is 2.28. The summed E-state index contributed by atoms with van der Waals surface area (Å²) in [5, 5.41) is 14.7. The molecule has 0 bridgehead atoms. The minimum atomic E-state index is -0.325. The SMILES string of the molecule is O=C(NC(=S)Nc1ncccc1O)c1ccccc1. The number of hydrogen-bond donors (Lipinski definition) is 3. The van der Waals surface area contributed by atoms with Crippen molar-refractivity contribution in [1.29, 1.82) is 0 Å². The summed E-state index contributed by atoms with van der Waals surface area (Å²) in [6.45, 7) is 0. The van der Waals surface area contributed by atoms with E-state index < -0.39 is 0 Å². The smallest absolute Gasteiger partial charge is 0.257 e. The van der Waals surface area contributed by atoms with E-state index in [9.17, 15) is 9.90 Å². The van der Waals surface area contributed by atoms with Gasteiger partial charge in [-0.3, -0.25) is 10.1 Å². The van der Waals surface area contributed by atoms with E-state index in [2.05, 4.69) is 15.6 Å². The number of hydrogen-bond acceptors (Lipinski definition) is 4. The Labute approximate surface area is 115 Å². The first kappa shape index (κ1) is 13.0. The molecule has 0 spiro atoms. The highest BCUT2D eigenvalue weighted by Gasteiger charge is 2.09. The third kappa shape index (κ3) is 3.49. The fourth-order valence-electron chi connectivity index (χ4n) is 1.40. The number of anilines is 1. The van der Waals surface area contributed by atoms with Crippen LogP contribution in [0, 0.1) is 0 Å². The van der Waals surface area contributed by atoms with E-state index in [0.29, 0.717) is 5.56 Å². The Kier molecular flexibility index (Phi) is 4.04. The Morgan fingerprint density at radius 2 is 1.89 bits per heavy atom. The van der Waals surface area contributed by atoms with E-state index in [1.165, 1.54) is 12.3 Å². The van der Waals surface area contributed by atoms with Crippen molar-refractivity contribution < 1.29 is 9.90 Å². The highest BCUT2D eigenvalue weighted by atomic mass is 32.1. The van der Waals surface area contributed by atoms with Crippen LogP contribution in [0.5, 0.6) is 5.75 Å². The van der Waals surface area contributed by atoms with Crippen LogP contribution in [0.4, 0.5) is 5.82 Å². The summed E-state index contributed by atoms with van der Waals surface area (Å²) in [6.07, 6.45) is 1.50. The summed E-state index contributed by atoms with van der Waals surface area (Å²) < 4.78 is 0. The first-order valence-corrected chi connectivity index (χ1v) is 5.89. The minimum Gasteiger partial charge on any atom is -0.504 e. The molecule has 96 valence electrons. The van der Waals surface area contributed by atoms with Crippen LogP contribution < -0.4 is 10.6 Å². The van der Waals surface area contributed by atoms with E-state index in [0.717, 1.165) is 0 Å². The summed E-state index contributed by atoms with van der Waals surface area (Å²) in [7, 11) is 0. The molecule has 0 saturated carbocycles. The van der Waals surface area contributed by atoms with Gasteiger partial charge in [0.15, 0.2) is 16.7 Å². The van der Waals surface area contributed by atoms with Crippen LogP contribution in [-0.4, -0.2) is 21.1 Å². The van der Waals surface area contributed by atoms with E-state index >= 15 is 0 Å². The van der Waals surface area contributed by atoms with E-state index in [1.54, 1.807) is 30.3 Å². The van der Waals surface area contributed by atoms with Crippen LogP contribution in [0.2, 0.25) is 0 Å². The van der Waals surface area contributed by atoms with Crippen LogP contribution in [0.1, 0.15) is 10.4 Å². The molecule has 2 aromatic rings. The number of pyridine rings is 1. The molecule has 1 amide bonds. The van der Waals surface area contributed by atoms with Gasteiger partial charge in [0.2, 0.25) is 0 Å². The molecule has 0 unspecified atom stereocenters. The quantitative estimate of drug-likeness (QED) is 0.729. The van der Waals surface area contributed by atoms with Gasteiger partial charge in [-0.25, -0.2) is 4.98 Å². The molecule has 0 saturated heterocycles. The van der Waals surface area contributed by atoms with Crippen molar-refractivity contribution in [3.05, 3.63) is 54.2 Å². The van der Waals surface area contributed by atoms with Gasteiger partial charge < -0.3 is 10.4 Å². The second-order valence-electron chi connectivity index (χ2n) is 3.65. The highest BCUT2D eigenvalue weighted by Crippen LogP contribution is 2.17. The van der Waals surface area contributed by atoms with Crippen LogP contribution in [-0.2, 0) is 0 Å². The fourth-order valence-corrected chi connectivity index (χ4v) is 1.59. The normalized spacial score (nSPS) is 9.68. The van der Waals surface area contributed by atoms with Crippen molar-refractivity contribution in [3.63, 3.8) is 0 Å². The van der Waals surface area contributed by atoms with Crippen LogP contribution in [0.15, 0.2) is 48.7 Å². The lowest BCUT2D eigenvalue weighted by Crippen LogP contribution is -2.34. The number of carbonyl (C=O) groups excluding carboxylic acids is 1. The molecular formula is C13H11N3O2S.